The fourth-order valence-corrected chi connectivity index (χ4v) is 6.96. The normalized spacial score (nSPS) is 25.0. The first kappa shape index (κ1) is 25.4. The molecule has 1 fully saturated rings. The van der Waals surface area contributed by atoms with Crippen LogP contribution in [0, 0.1) is 11.3 Å². The number of carbonyl (C=O) groups is 3. The predicted octanol–water partition coefficient (Wildman–Crippen LogP) is 5.01. The van der Waals surface area contributed by atoms with Crippen molar-refractivity contribution in [2.45, 2.75) is 38.3 Å². The van der Waals surface area contributed by atoms with Gasteiger partial charge in [-0.3, -0.25) is 14.4 Å². The number of para-hydroxylation sites is 1. The van der Waals surface area contributed by atoms with E-state index in [1.807, 2.05) is 80.3 Å². The number of amides is 1. The van der Waals surface area contributed by atoms with Crippen molar-refractivity contribution in [2.24, 2.45) is 11.3 Å². The molecule has 0 aliphatic carbocycles. The second-order valence-corrected chi connectivity index (χ2v) is 12.0. The molecule has 8 nitrogen and oxygen atoms in total. The summed E-state index contributed by atoms with van der Waals surface area (Å²) < 4.78 is 16.5. The average Bonchev–Trinajstić information content (AvgIpc) is 3.64. The summed E-state index contributed by atoms with van der Waals surface area (Å²) in [5.41, 5.74) is 1.20. The number of fused-ring (bicyclic) bond motifs is 7. The standard InChI is InChI=1S/C33H30N2O6/c1-32(2,3)30(37)28-27(29(36)19-9-13-24-25(16-19)41-17-40-24)33(21-7-5-6-8-22(21)34-31(33)38)26-14-10-18-15-20(39-4)11-12-23(18)35(26)28/h5-16,26-28H,17H2,1-4H3,(H,34,38)/t26-,27+,28-,33+/m0/s1. The highest BCUT2D eigenvalue weighted by atomic mass is 16.7. The zero-order chi connectivity index (χ0) is 28.7. The van der Waals surface area contributed by atoms with Gasteiger partial charge in [0.25, 0.3) is 0 Å². The van der Waals surface area contributed by atoms with Crippen molar-refractivity contribution in [3.05, 3.63) is 83.4 Å². The van der Waals surface area contributed by atoms with Gasteiger partial charge in [-0.2, -0.15) is 0 Å². The number of ketones is 2. The maximum absolute atomic E-state index is 14.9. The first-order valence-corrected chi connectivity index (χ1v) is 13.7. The molecule has 1 spiro atoms. The number of rotatable bonds is 4. The first-order chi connectivity index (χ1) is 19.7. The van der Waals surface area contributed by atoms with Gasteiger partial charge in [0.1, 0.15) is 17.2 Å². The molecule has 0 bridgehead atoms. The van der Waals surface area contributed by atoms with Crippen LogP contribution < -0.4 is 24.4 Å². The van der Waals surface area contributed by atoms with E-state index < -0.39 is 28.8 Å². The van der Waals surface area contributed by atoms with Crippen LogP contribution >= 0.6 is 0 Å². The average molecular weight is 551 g/mol. The first-order valence-electron chi connectivity index (χ1n) is 13.7. The second kappa shape index (κ2) is 8.70. The fourth-order valence-electron chi connectivity index (χ4n) is 6.96. The molecule has 1 saturated heterocycles. The van der Waals surface area contributed by atoms with E-state index in [4.69, 9.17) is 14.2 Å². The lowest BCUT2D eigenvalue weighted by Crippen LogP contribution is -2.51. The highest BCUT2D eigenvalue weighted by Crippen LogP contribution is 2.58. The van der Waals surface area contributed by atoms with E-state index >= 15 is 0 Å². The Hall–Kier alpha value is -4.59. The molecule has 1 N–H and O–H groups in total. The Bertz CT molecular complexity index is 1670. The van der Waals surface area contributed by atoms with E-state index in [9.17, 15) is 14.4 Å². The topological polar surface area (TPSA) is 94.2 Å². The van der Waals surface area contributed by atoms with E-state index in [1.54, 1.807) is 25.3 Å². The van der Waals surface area contributed by atoms with Crippen molar-refractivity contribution in [2.75, 3.05) is 24.1 Å². The minimum Gasteiger partial charge on any atom is -0.497 e. The molecule has 0 saturated carbocycles. The summed E-state index contributed by atoms with van der Waals surface area (Å²) in [5.74, 6) is -0.0376. The quantitative estimate of drug-likeness (QED) is 0.457. The molecular weight excluding hydrogens is 520 g/mol. The molecule has 41 heavy (non-hydrogen) atoms. The summed E-state index contributed by atoms with van der Waals surface area (Å²) in [6.07, 6.45) is 3.92. The van der Waals surface area contributed by atoms with Gasteiger partial charge < -0.3 is 24.4 Å². The Balaban J connectivity index is 1.51. The van der Waals surface area contributed by atoms with Gasteiger partial charge in [0.05, 0.1) is 19.1 Å². The van der Waals surface area contributed by atoms with Gasteiger partial charge in [-0.05, 0) is 48.0 Å². The molecule has 4 atom stereocenters. The number of Topliss-reactive ketones (excluding diaryl/α,β-unsaturated/α-hetero) is 2. The maximum atomic E-state index is 14.9. The van der Waals surface area contributed by atoms with E-state index in [-0.39, 0.29) is 24.3 Å². The van der Waals surface area contributed by atoms with Crippen LogP contribution in [-0.4, -0.2) is 43.5 Å². The lowest BCUT2D eigenvalue weighted by atomic mass is 9.63. The van der Waals surface area contributed by atoms with Gasteiger partial charge in [-0.1, -0.05) is 51.1 Å². The fraction of sp³-hybridized carbons (Fsp3) is 0.303. The monoisotopic (exact) mass is 550 g/mol. The number of anilines is 2. The summed E-state index contributed by atoms with van der Waals surface area (Å²) in [6.45, 7) is 5.64. The zero-order valence-corrected chi connectivity index (χ0v) is 23.3. The second-order valence-electron chi connectivity index (χ2n) is 12.0. The molecule has 0 aromatic heterocycles. The van der Waals surface area contributed by atoms with Gasteiger partial charge in [-0.15, -0.1) is 0 Å². The number of ether oxygens (including phenoxy) is 3. The highest BCUT2D eigenvalue weighted by molar-refractivity contribution is 6.17. The summed E-state index contributed by atoms with van der Waals surface area (Å²) in [7, 11) is 1.60. The summed E-state index contributed by atoms with van der Waals surface area (Å²) in [6, 6.07) is 16.7. The number of methoxy groups -OCH3 is 1. The number of nitrogens with zero attached hydrogens (tertiary/aromatic N) is 1. The van der Waals surface area contributed by atoms with Crippen LogP contribution in [0.2, 0.25) is 0 Å². The Morgan fingerprint density at radius 1 is 1.02 bits per heavy atom. The van der Waals surface area contributed by atoms with Crippen LogP contribution in [0.15, 0.2) is 66.7 Å². The van der Waals surface area contributed by atoms with Gasteiger partial charge in [0.2, 0.25) is 12.7 Å². The van der Waals surface area contributed by atoms with Crippen LogP contribution in [-0.2, 0) is 15.0 Å². The number of carbonyl (C=O) groups excluding carboxylic acids is 3. The van der Waals surface area contributed by atoms with Crippen LogP contribution in [0.25, 0.3) is 6.08 Å². The van der Waals surface area contributed by atoms with E-state index in [1.165, 1.54) is 0 Å². The lowest BCUT2D eigenvalue weighted by molar-refractivity contribution is -0.128. The predicted molar refractivity (Wildman–Crippen MR) is 154 cm³/mol. The number of hydrogen-bond acceptors (Lipinski definition) is 7. The molecular formula is C33H30N2O6. The van der Waals surface area contributed by atoms with Crippen molar-refractivity contribution in [1.29, 1.82) is 0 Å². The smallest absolute Gasteiger partial charge is 0.238 e. The van der Waals surface area contributed by atoms with E-state index in [0.29, 0.717) is 34.1 Å². The summed E-state index contributed by atoms with van der Waals surface area (Å²) >= 11 is 0. The van der Waals surface area contributed by atoms with E-state index in [2.05, 4.69) is 5.32 Å². The van der Waals surface area contributed by atoms with E-state index in [0.717, 1.165) is 11.3 Å². The van der Waals surface area contributed by atoms with Crippen LogP contribution in [0.1, 0.15) is 42.3 Å². The van der Waals surface area contributed by atoms with Crippen molar-refractivity contribution in [3.8, 4) is 17.2 Å². The SMILES string of the molecule is COc1ccc2c(c1)C=C[C@@H]1N2[C@H](C(=O)C(C)(C)C)[C@H](C(=O)c2ccc3c(c2)OCO3)[C@]12C(=O)Nc1ccccc12. The van der Waals surface area contributed by atoms with Gasteiger partial charge in [0.15, 0.2) is 23.1 Å². The van der Waals surface area contributed by atoms with Crippen molar-refractivity contribution >= 4 is 34.9 Å². The van der Waals surface area contributed by atoms with Crippen LogP contribution in [0.5, 0.6) is 17.2 Å². The molecule has 1 amide bonds. The minimum absolute atomic E-state index is 0.0716. The summed E-state index contributed by atoms with van der Waals surface area (Å²) in [4.78, 5) is 45.8. The molecule has 4 heterocycles. The van der Waals surface area contributed by atoms with Crippen LogP contribution in [0.4, 0.5) is 11.4 Å². The van der Waals surface area contributed by atoms with Gasteiger partial charge in [-0.25, -0.2) is 0 Å². The molecule has 208 valence electrons. The largest absolute Gasteiger partial charge is 0.497 e. The van der Waals surface area contributed by atoms with Crippen LogP contribution in [0.3, 0.4) is 0 Å². The highest BCUT2D eigenvalue weighted by Gasteiger charge is 2.70. The number of benzene rings is 3. The number of nitrogens with one attached hydrogen (secondary N) is 1. The zero-order valence-electron chi connectivity index (χ0n) is 23.3. The molecule has 4 aliphatic heterocycles. The molecule has 7 rings (SSSR count). The molecule has 3 aromatic carbocycles. The van der Waals surface area contributed by atoms with Gasteiger partial charge in [0, 0.05) is 27.9 Å². The Labute approximate surface area is 237 Å². The molecule has 3 aromatic rings. The lowest BCUT2D eigenvalue weighted by Gasteiger charge is -2.38. The Morgan fingerprint density at radius 3 is 2.59 bits per heavy atom. The molecule has 0 radical (unpaired) electrons. The minimum atomic E-state index is -1.36. The third-order valence-corrected chi connectivity index (χ3v) is 8.79. The molecule has 8 heteroatoms. The number of hydrogen-bond donors (Lipinski definition) is 1. The third kappa shape index (κ3) is 3.43. The van der Waals surface area contributed by atoms with Crippen molar-refractivity contribution < 1.29 is 28.6 Å². The Morgan fingerprint density at radius 2 is 1.80 bits per heavy atom. The Kier molecular flexibility index (Phi) is 5.39. The molecule has 4 aliphatic rings. The van der Waals surface area contributed by atoms with Crippen molar-refractivity contribution in [3.63, 3.8) is 0 Å². The van der Waals surface area contributed by atoms with Gasteiger partial charge >= 0.3 is 0 Å². The third-order valence-electron chi connectivity index (χ3n) is 8.79. The maximum Gasteiger partial charge on any atom is 0.238 e. The summed E-state index contributed by atoms with van der Waals surface area (Å²) in [5, 5.41) is 3.05. The van der Waals surface area contributed by atoms with Crippen molar-refractivity contribution in [1.82, 2.24) is 0 Å². The molecule has 0 unspecified atom stereocenters.